The molecule has 2 amide bonds. The van der Waals surface area contributed by atoms with Gasteiger partial charge in [0.05, 0.1) is 29.9 Å². The number of ether oxygens (including phenoxy) is 1. The number of para-hydroxylation sites is 1. The number of carbonyl (C=O) groups is 3. The number of nitrogens with zero attached hydrogens (tertiary/aromatic N) is 4. The first-order chi connectivity index (χ1) is 23.5. The number of hydrogen-bond acceptors (Lipinski definition) is 7. The van der Waals surface area contributed by atoms with Crippen LogP contribution in [0, 0.1) is 5.82 Å². The number of esters is 1. The van der Waals surface area contributed by atoms with Gasteiger partial charge in [-0.3, -0.25) is 19.1 Å². The SMILES string of the molecule is CC(C)(C)OC(=O)Cc1cc(F)ccc1NC(=O)c1ccc(N2CCCCC2)c(NC(=O)c2nn(CCN3CCCC3)c3ccccc23)c1. The molecule has 2 aliphatic rings. The van der Waals surface area contributed by atoms with Crippen LogP contribution >= 0.6 is 0 Å². The highest BCUT2D eigenvalue weighted by atomic mass is 19.1. The number of hydrogen-bond donors (Lipinski definition) is 2. The fourth-order valence-electron chi connectivity index (χ4n) is 6.64. The third-order valence-electron chi connectivity index (χ3n) is 8.97. The van der Waals surface area contributed by atoms with Crippen LogP contribution in [0.1, 0.15) is 79.3 Å². The molecule has 2 saturated heterocycles. The molecule has 11 heteroatoms. The monoisotopic (exact) mass is 668 g/mol. The van der Waals surface area contributed by atoms with E-state index in [0.29, 0.717) is 34.7 Å². The Kier molecular flexibility index (Phi) is 10.3. The molecule has 2 aliphatic heterocycles. The number of anilines is 3. The van der Waals surface area contributed by atoms with Crippen molar-refractivity contribution in [2.24, 2.45) is 0 Å². The Labute approximate surface area is 286 Å². The number of halogens is 1. The molecule has 0 saturated carbocycles. The van der Waals surface area contributed by atoms with Crippen LogP contribution in [0.4, 0.5) is 21.5 Å². The predicted molar refractivity (Wildman–Crippen MR) is 190 cm³/mol. The van der Waals surface area contributed by atoms with Gasteiger partial charge in [-0.05, 0) is 114 Å². The van der Waals surface area contributed by atoms with E-state index in [0.717, 1.165) is 68.6 Å². The van der Waals surface area contributed by atoms with E-state index in [4.69, 9.17) is 9.84 Å². The van der Waals surface area contributed by atoms with Crippen LogP contribution in [0.2, 0.25) is 0 Å². The van der Waals surface area contributed by atoms with Crippen LogP contribution in [0.15, 0.2) is 60.7 Å². The minimum absolute atomic E-state index is 0.210. The molecule has 49 heavy (non-hydrogen) atoms. The summed E-state index contributed by atoms with van der Waals surface area (Å²) in [7, 11) is 0. The summed E-state index contributed by atoms with van der Waals surface area (Å²) in [6.45, 7) is 10.7. The second kappa shape index (κ2) is 14.8. The molecule has 10 nitrogen and oxygen atoms in total. The Hall–Kier alpha value is -4.77. The zero-order valence-electron chi connectivity index (χ0n) is 28.6. The minimum Gasteiger partial charge on any atom is -0.460 e. The van der Waals surface area contributed by atoms with E-state index < -0.39 is 23.3 Å². The summed E-state index contributed by atoms with van der Waals surface area (Å²) in [6.07, 6.45) is 5.42. The van der Waals surface area contributed by atoms with Crippen molar-refractivity contribution >= 4 is 45.7 Å². The highest BCUT2D eigenvalue weighted by Gasteiger charge is 2.24. The molecule has 4 aromatic rings. The van der Waals surface area contributed by atoms with E-state index in [2.05, 4.69) is 20.4 Å². The number of benzene rings is 3. The predicted octanol–water partition coefficient (Wildman–Crippen LogP) is 6.65. The van der Waals surface area contributed by atoms with Gasteiger partial charge in [0.15, 0.2) is 5.69 Å². The van der Waals surface area contributed by atoms with Gasteiger partial charge >= 0.3 is 5.97 Å². The van der Waals surface area contributed by atoms with Crippen molar-refractivity contribution in [3.05, 3.63) is 83.3 Å². The lowest BCUT2D eigenvalue weighted by Gasteiger charge is -2.30. The lowest BCUT2D eigenvalue weighted by Crippen LogP contribution is -2.30. The van der Waals surface area contributed by atoms with Crippen LogP contribution in [-0.2, 0) is 22.5 Å². The summed E-state index contributed by atoms with van der Waals surface area (Å²) in [5.74, 6) is -1.88. The van der Waals surface area contributed by atoms with E-state index in [1.807, 2.05) is 35.0 Å². The summed E-state index contributed by atoms with van der Waals surface area (Å²) in [5.41, 5.74) is 2.75. The number of fused-ring (bicyclic) bond motifs is 1. The van der Waals surface area contributed by atoms with Gasteiger partial charge in [0, 0.05) is 36.3 Å². The van der Waals surface area contributed by atoms with E-state index >= 15 is 0 Å². The van der Waals surface area contributed by atoms with Crippen molar-refractivity contribution in [1.82, 2.24) is 14.7 Å². The van der Waals surface area contributed by atoms with Gasteiger partial charge in [-0.15, -0.1) is 0 Å². The second-order valence-corrected chi connectivity index (χ2v) is 13.9. The molecule has 0 unspecified atom stereocenters. The van der Waals surface area contributed by atoms with Crippen LogP contribution in [0.5, 0.6) is 0 Å². The molecular weight excluding hydrogens is 623 g/mol. The van der Waals surface area contributed by atoms with Crippen molar-refractivity contribution in [1.29, 1.82) is 0 Å². The van der Waals surface area contributed by atoms with Gasteiger partial charge in [0.1, 0.15) is 11.4 Å². The third kappa shape index (κ3) is 8.45. The Morgan fingerprint density at radius 3 is 2.29 bits per heavy atom. The maximum Gasteiger partial charge on any atom is 0.310 e. The zero-order valence-corrected chi connectivity index (χ0v) is 28.6. The highest BCUT2D eigenvalue weighted by Crippen LogP contribution is 2.32. The maximum atomic E-state index is 14.2. The summed E-state index contributed by atoms with van der Waals surface area (Å²) >= 11 is 0. The topological polar surface area (TPSA) is 109 Å². The van der Waals surface area contributed by atoms with Crippen molar-refractivity contribution in [3.63, 3.8) is 0 Å². The number of likely N-dealkylation sites (tertiary alicyclic amines) is 1. The van der Waals surface area contributed by atoms with E-state index in [1.54, 1.807) is 32.9 Å². The third-order valence-corrected chi connectivity index (χ3v) is 8.97. The normalized spacial score (nSPS) is 15.4. The smallest absolute Gasteiger partial charge is 0.310 e. The van der Waals surface area contributed by atoms with Crippen LogP contribution in [-0.4, -0.2) is 70.8 Å². The molecule has 2 N–H and O–H groups in total. The molecule has 0 spiro atoms. The standard InChI is InChI=1S/C38H45FN6O4/c1-38(2,3)49-34(46)25-27-23-28(39)14-15-30(27)40-36(47)26-13-16-33(44-19-7-4-8-20-44)31(24-26)41-37(48)35-29-11-5-6-12-32(29)45(42-35)22-21-43-17-9-10-18-43/h5-6,11-16,23-24H,4,7-10,17-22,25H2,1-3H3,(H,40,47)(H,41,48). The molecule has 3 aromatic carbocycles. The number of carbonyl (C=O) groups excluding carboxylic acids is 3. The number of rotatable bonds is 10. The largest absolute Gasteiger partial charge is 0.460 e. The Morgan fingerprint density at radius 1 is 0.816 bits per heavy atom. The molecule has 258 valence electrons. The van der Waals surface area contributed by atoms with Crippen LogP contribution < -0.4 is 15.5 Å². The van der Waals surface area contributed by atoms with Gasteiger partial charge in [-0.1, -0.05) is 18.2 Å². The number of aromatic nitrogens is 2. The molecule has 0 radical (unpaired) electrons. The average Bonchev–Trinajstić information content (AvgIpc) is 3.73. The molecule has 2 fully saturated rings. The molecule has 1 aromatic heterocycles. The average molecular weight is 669 g/mol. The van der Waals surface area contributed by atoms with Gasteiger partial charge in [0.25, 0.3) is 11.8 Å². The van der Waals surface area contributed by atoms with E-state index in [-0.39, 0.29) is 12.3 Å². The second-order valence-electron chi connectivity index (χ2n) is 13.9. The van der Waals surface area contributed by atoms with Crippen molar-refractivity contribution < 1.29 is 23.5 Å². The summed E-state index contributed by atoms with van der Waals surface area (Å²) < 4.78 is 21.6. The van der Waals surface area contributed by atoms with Crippen LogP contribution in [0.25, 0.3) is 10.9 Å². The first kappa shape index (κ1) is 34.1. The van der Waals surface area contributed by atoms with Gasteiger partial charge in [0.2, 0.25) is 0 Å². The van der Waals surface area contributed by atoms with Crippen molar-refractivity contribution in [2.45, 2.75) is 71.4 Å². The van der Waals surface area contributed by atoms with Gasteiger partial charge in [-0.25, -0.2) is 4.39 Å². The quantitative estimate of drug-likeness (QED) is 0.182. The fraction of sp³-hybridized carbons (Fsp3) is 0.421. The summed E-state index contributed by atoms with van der Waals surface area (Å²) in [6, 6.07) is 16.9. The Bertz CT molecular complexity index is 1840. The highest BCUT2D eigenvalue weighted by molar-refractivity contribution is 6.13. The number of amides is 2. The lowest BCUT2D eigenvalue weighted by atomic mass is 10.1. The Morgan fingerprint density at radius 2 is 1.53 bits per heavy atom. The van der Waals surface area contributed by atoms with Crippen molar-refractivity contribution in [2.75, 3.05) is 48.3 Å². The molecule has 0 aliphatic carbocycles. The molecular formula is C38H45FN6O4. The fourth-order valence-corrected chi connectivity index (χ4v) is 6.64. The first-order valence-corrected chi connectivity index (χ1v) is 17.2. The minimum atomic E-state index is -0.706. The first-order valence-electron chi connectivity index (χ1n) is 17.2. The molecule has 6 rings (SSSR count). The maximum absolute atomic E-state index is 14.2. The van der Waals surface area contributed by atoms with E-state index in [1.165, 1.54) is 31.0 Å². The molecule has 3 heterocycles. The number of nitrogens with one attached hydrogen (secondary N) is 2. The summed E-state index contributed by atoms with van der Waals surface area (Å²) in [4.78, 5) is 44.9. The molecule has 0 atom stereocenters. The van der Waals surface area contributed by atoms with Crippen molar-refractivity contribution in [3.8, 4) is 0 Å². The van der Waals surface area contributed by atoms with Gasteiger partial charge < -0.3 is 25.2 Å². The number of piperidine rings is 1. The lowest BCUT2D eigenvalue weighted by molar-refractivity contribution is -0.153. The Balaban J connectivity index is 1.26. The summed E-state index contributed by atoms with van der Waals surface area (Å²) in [5, 5.41) is 11.5. The van der Waals surface area contributed by atoms with E-state index in [9.17, 15) is 18.8 Å². The van der Waals surface area contributed by atoms with Gasteiger partial charge in [-0.2, -0.15) is 5.10 Å². The molecule has 0 bridgehead atoms. The zero-order chi connectivity index (χ0) is 34.5. The van der Waals surface area contributed by atoms with Crippen LogP contribution in [0.3, 0.4) is 0 Å².